The molecule has 0 bridgehead atoms. The summed E-state index contributed by atoms with van der Waals surface area (Å²) >= 11 is 0. The van der Waals surface area contributed by atoms with Crippen LogP contribution in [0.4, 0.5) is 4.39 Å². The summed E-state index contributed by atoms with van der Waals surface area (Å²) < 4.78 is 18.9. The van der Waals surface area contributed by atoms with Gasteiger partial charge in [-0.25, -0.2) is 14.4 Å². The molecule has 1 saturated heterocycles. The number of aromatic nitrogens is 2. The maximum Gasteiger partial charge on any atom is 0.306 e. The van der Waals surface area contributed by atoms with Crippen LogP contribution in [-0.4, -0.2) is 45.4 Å². The van der Waals surface area contributed by atoms with E-state index in [9.17, 15) is 14.0 Å². The number of unbranched alkanes of at least 4 members (excludes halogenated alkanes) is 1. The fourth-order valence-electron chi connectivity index (χ4n) is 3.89. The molecule has 0 spiro atoms. The van der Waals surface area contributed by atoms with Gasteiger partial charge in [0.1, 0.15) is 11.4 Å². The van der Waals surface area contributed by atoms with Gasteiger partial charge in [-0.2, -0.15) is 0 Å². The largest absolute Gasteiger partial charge is 0.460 e. The van der Waals surface area contributed by atoms with Crippen molar-refractivity contribution in [3.8, 4) is 11.3 Å². The number of hydrogen-bond acceptors (Lipinski definition) is 5. The van der Waals surface area contributed by atoms with Gasteiger partial charge in [0.15, 0.2) is 0 Å². The summed E-state index contributed by atoms with van der Waals surface area (Å²) in [5, 5.41) is 0. The topological polar surface area (TPSA) is 72.4 Å². The van der Waals surface area contributed by atoms with Crippen molar-refractivity contribution in [3.05, 3.63) is 59.5 Å². The Hall–Kier alpha value is -3.35. The molecule has 0 atom stereocenters. The number of carbonyl (C=O) groups excluding carboxylic acids is 2. The molecule has 0 radical (unpaired) electrons. The number of hydrogen-bond donors (Lipinski definition) is 0. The van der Waals surface area contributed by atoms with Crippen LogP contribution in [-0.2, 0) is 16.0 Å². The molecular weight excluding hydrogens is 433 g/mol. The molecule has 1 aliphatic heterocycles. The van der Waals surface area contributed by atoms with Crippen molar-refractivity contribution in [3.63, 3.8) is 0 Å². The lowest BCUT2D eigenvalue weighted by molar-refractivity contribution is -0.154. The molecule has 1 aliphatic rings. The average molecular weight is 464 g/mol. The zero-order valence-electron chi connectivity index (χ0n) is 19.9. The molecule has 1 fully saturated rings. The smallest absolute Gasteiger partial charge is 0.306 e. The molecule has 0 N–H and O–H groups in total. The molecule has 0 saturated carbocycles. The van der Waals surface area contributed by atoms with Crippen molar-refractivity contribution in [2.75, 3.05) is 13.1 Å². The van der Waals surface area contributed by atoms with Crippen molar-refractivity contribution >= 4 is 22.9 Å². The highest BCUT2D eigenvalue weighted by atomic mass is 19.1. The lowest BCUT2D eigenvalue weighted by Crippen LogP contribution is -2.42. The van der Waals surface area contributed by atoms with E-state index in [1.54, 1.807) is 24.3 Å². The number of rotatable bonds is 7. The number of amides is 1. The predicted octanol–water partition coefficient (Wildman–Crippen LogP) is 5.34. The van der Waals surface area contributed by atoms with E-state index in [2.05, 4.69) is 0 Å². The van der Waals surface area contributed by atoms with E-state index in [0.717, 1.165) is 37.2 Å². The molecular formula is C27H30FN3O3. The minimum absolute atomic E-state index is 0.0106. The molecule has 6 nitrogen and oxygen atoms in total. The van der Waals surface area contributed by atoms with Gasteiger partial charge in [-0.05, 0) is 88.9 Å². The summed E-state index contributed by atoms with van der Waals surface area (Å²) in [6.07, 6.45) is 3.35. The molecule has 2 heterocycles. The first-order valence-corrected chi connectivity index (χ1v) is 11.8. The maximum atomic E-state index is 13.5. The number of fused-ring (bicyclic) bond motifs is 1. The molecule has 7 heteroatoms. The zero-order valence-corrected chi connectivity index (χ0v) is 19.9. The number of aryl methyl sites for hydroxylation is 1. The van der Waals surface area contributed by atoms with Crippen LogP contribution in [0, 0.1) is 5.82 Å². The highest BCUT2D eigenvalue weighted by molar-refractivity contribution is 5.97. The summed E-state index contributed by atoms with van der Waals surface area (Å²) in [5.41, 5.74) is 3.66. The summed E-state index contributed by atoms with van der Waals surface area (Å²) in [4.78, 5) is 36.2. The molecule has 0 aliphatic carbocycles. The molecule has 1 amide bonds. The number of benzene rings is 2. The van der Waals surface area contributed by atoms with Crippen molar-refractivity contribution in [2.45, 2.75) is 58.5 Å². The Kier molecular flexibility index (Phi) is 6.91. The summed E-state index contributed by atoms with van der Waals surface area (Å²) in [6.45, 7) is 7.13. The third kappa shape index (κ3) is 5.76. The minimum atomic E-state index is -0.498. The first-order chi connectivity index (χ1) is 16.2. The van der Waals surface area contributed by atoms with Crippen LogP contribution < -0.4 is 0 Å². The zero-order chi connectivity index (χ0) is 24.3. The molecule has 2 aromatic carbocycles. The Labute approximate surface area is 199 Å². The fraction of sp³-hybridized carbons (Fsp3) is 0.407. The van der Waals surface area contributed by atoms with Gasteiger partial charge in [0.2, 0.25) is 0 Å². The van der Waals surface area contributed by atoms with E-state index >= 15 is 0 Å². The fourth-order valence-corrected chi connectivity index (χ4v) is 3.89. The first kappa shape index (κ1) is 23.8. The molecule has 34 heavy (non-hydrogen) atoms. The molecule has 0 unspecified atom stereocenters. The second-order valence-electron chi connectivity index (χ2n) is 9.67. The van der Waals surface area contributed by atoms with Gasteiger partial charge < -0.3 is 9.64 Å². The monoisotopic (exact) mass is 463 g/mol. The van der Waals surface area contributed by atoms with Gasteiger partial charge in [-0.1, -0.05) is 0 Å². The van der Waals surface area contributed by atoms with Gasteiger partial charge >= 0.3 is 5.97 Å². The van der Waals surface area contributed by atoms with Crippen molar-refractivity contribution < 1.29 is 18.7 Å². The Bertz CT molecular complexity index is 1200. The lowest BCUT2D eigenvalue weighted by atomic mass is 10.0. The van der Waals surface area contributed by atoms with Crippen LogP contribution in [0.15, 0.2) is 42.5 Å². The van der Waals surface area contributed by atoms with E-state index in [0.29, 0.717) is 41.6 Å². The van der Waals surface area contributed by atoms with Crippen LogP contribution in [0.2, 0.25) is 0 Å². The van der Waals surface area contributed by atoms with Crippen LogP contribution in [0.1, 0.15) is 62.5 Å². The highest BCUT2D eigenvalue weighted by Gasteiger charge is 2.22. The van der Waals surface area contributed by atoms with E-state index in [-0.39, 0.29) is 17.7 Å². The summed E-state index contributed by atoms with van der Waals surface area (Å²) in [7, 11) is 0. The van der Waals surface area contributed by atoms with E-state index in [4.69, 9.17) is 14.7 Å². The molecule has 3 aromatic rings. The normalized spacial score (nSPS) is 13.6. The van der Waals surface area contributed by atoms with E-state index < -0.39 is 5.60 Å². The standard InChI is InChI=1S/C27H30FN3O3/c1-27(2,3)34-24(32)8-5-4-7-22-25(18-9-12-20(28)13-10-18)30-21-14-11-19(17-23(21)29-22)26(33)31-15-6-16-31/h9-14,17H,4-8,15-16H2,1-3H3. The predicted molar refractivity (Wildman–Crippen MR) is 129 cm³/mol. The summed E-state index contributed by atoms with van der Waals surface area (Å²) in [6, 6.07) is 11.6. The van der Waals surface area contributed by atoms with E-state index in [1.165, 1.54) is 12.1 Å². The first-order valence-electron chi connectivity index (χ1n) is 11.8. The SMILES string of the molecule is CC(C)(C)OC(=O)CCCCc1nc2cc(C(=O)N3CCC3)ccc2nc1-c1ccc(F)cc1. The number of likely N-dealkylation sites (tertiary alicyclic amines) is 1. The Morgan fingerprint density at radius 1 is 1.00 bits per heavy atom. The van der Waals surface area contributed by atoms with Gasteiger partial charge in [-0.3, -0.25) is 9.59 Å². The third-order valence-electron chi connectivity index (χ3n) is 5.71. The van der Waals surface area contributed by atoms with Crippen LogP contribution in [0.5, 0.6) is 0 Å². The summed E-state index contributed by atoms with van der Waals surface area (Å²) in [5.74, 6) is -0.521. The second-order valence-corrected chi connectivity index (χ2v) is 9.67. The molecule has 1 aromatic heterocycles. The van der Waals surface area contributed by atoms with Gasteiger partial charge in [-0.15, -0.1) is 0 Å². The lowest BCUT2D eigenvalue weighted by Gasteiger charge is -2.30. The Morgan fingerprint density at radius 2 is 1.74 bits per heavy atom. The molecule has 4 rings (SSSR count). The van der Waals surface area contributed by atoms with Gasteiger partial charge in [0, 0.05) is 30.6 Å². The quantitative estimate of drug-likeness (QED) is 0.350. The minimum Gasteiger partial charge on any atom is -0.460 e. The van der Waals surface area contributed by atoms with Crippen LogP contribution >= 0.6 is 0 Å². The average Bonchev–Trinajstić information content (AvgIpc) is 2.74. The van der Waals surface area contributed by atoms with Crippen LogP contribution in [0.25, 0.3) is 22.3 Å². The van der Waals surface area contributed by atoms with Crippen molar-refractivity contribution in [2.24, 2.45) is 0 Å². The number of esters is 1. The number of ether oxygens (including phenoxy) is 1. The van der Waals surface area contributed by atoms with E-state index in [1.807, 2.05) is 31.7 Å². The molecule has 178 valence electrons. The second kappa shape index (κ2) is 9.87. The Balaban J connectivity index is 1.58. The third-order valence-corrected chi connectivity index (χ3v) is 5.71. The van der Waals surface area contributed by atoms with Gasteiger partial charge in [0.25, 0.3) is 5.91 Å². The highest BCUT2D eigenvalue weighted by Crippen LogP contribution is 2.26. The van der Waals surface area contributed by atoms with Crippen LogP contribution in [0.3, 0.4) is 0 Å². The number of nitrogens with zero attached hydrogens (tertiary/aromatic N) is 3. The van der Waals surface area contributed by atoms with Gasteiger partial charge in [0.05, 0.1) is 22.4 Å². The Morgan fingerprint density at radius 3 is 2.38 bits per heavy atom. The number of halogens is 1. The van der Waals surface area contributed by atoms with Crippen molar-refractivity contribution in [1.82, 2.24) is 14.9 Å². The van der Waals surface area contributed by atoms with Crippen molar-refractivity contribution in [1.29, 1.82) is 0 Å². The maximum absolute atomic E-state index is 13.5. The number of carbonyl (C=O) groups is 2.